The number of aliphatic hydroxyl groups is 1. The molecular formula is C33H46O6. The standard InChI is InChI=1S/C33H46O6/c1-5-9-16-22-28(34)23(17-10-6-2)31(37)26(30(22)36)20-14-13-15-21-27-32(38)24(18-11-7-3)29(35)25(33(27)39)19-12-8-4/h13-15,20-25,36H,5-12,16-19H2,1-4H3/b15-13+,20-14+,27-21?. The fourth-order valence-electron chi connectivity index (χ4n) is 5.44. The van der Waals surface area contributed by atoms with Gasteiger partial charge < -0.3 is 5.11 Å². The summed E-state index contributed by atoms with van der Waals surface area (Å²) in [6, 6.07) is 0. The van der Waals surface area contributed by atoms with E-state index in [1.165, 1.54) is 12.2 Å². The van der Waals surface area contributed by atoms with Crippen molar-refractivity contribution in [1.82, 2.24) is 0 Å². The highest BCUT2D eigenvalue weighted by Gasteiger charge is 2.44. The number of aliphatic hydroxyl groups excluding tert-OH is 1. The first-order chi connectivity index (χ1) is 18.7. The first-order valence-electron chi connectivity index (χ1n) is 14.9. The monoisotopic (exact) mass is 538 g/mol. The van der Waals surface area contributed by atoms with E-state index in [9.17, 15) is 29.1 Å². The lowest BCUT2D eigenvalue weighted by Gasteiger charge is -2.28. The first kappa shape index (κ1) is 32.3. The van der Waals surface area contributed by atoms with E-state index in [-0.39, 0.29) is 34.3 Å². The van der Waals surface area contributed by atoms with Gasteiger partial charge in [-0.05, 0) is 37.8 Å². The van der Waals surface area contributed by atoms with Gasteiger partial charge >= 0.3 is 0 Å². The molecule has 6 nitrogen and oxygen atoms in total. The Labute approximate surface area is 233 Å². The number of carbonyl (C=O) groups excluding carboxylic acids is 5. The van der Waals surface area contributed by atoms with E-state index in [4.69, 9.17) is 0 Å². The zero-order valence-electron chi connectivity index (χ0n) is 24.2. The second-order valence-corrected chi connectivity index (χ2v) is 10.8. The molecule has 1 N–H and O–H groups in total. The molecule has 0 spiro atoms. The predicted molar refractivity (Wildman–Crippen MR) is 153 cm³/mol. The number of ketones is 5. The Balaban J connectivity index is 2.30. The molecule has 4 unspecified atom stereocenters. The lowest BCUT2D eigenvalue weighted by Crippen LogP contribution is -2.43. The first-order valence-corrected chi connectivity index (χ1v) is 14.9. The van der Waals surface area contributed by atoms with Crippen LogP contribution in [0.2, 0.25) is 0 Å². The van der Waals surface area contributed by atoms with Crippen molar-refractivity contribution in [2.24, 2.45) is 23.7 Å². The van der Waals surface area contributed by atoms with Crippen LogP contribution in [0.1, 0.15) is 105 Å². The van der Waals surface area contributed by atoms with Gasteiger partial charge in [0.2, 0.25) is 0 Å². The molecular weight excluding hydrogens is 492 g/mol. The summed E-state index contributed by atoms with van der Waals surface area (Å²) in [5, 5.41) is 10.8. The van der Waals surface area contributed by atoms with Crippen LogP contribution in [-0.4, -0.2) is 34.0 Å². The number of rotatable bonds is 15. The van der Waals surface area contributed by atoms with Gasteiger partial charge in [0, 0.05) is 0 Å². The van der Waals surface area contributed by atoms with Crippen molar-refractivity contribution >= 4 is 28.9 Å². The van der Waals surface area contributed by atoms with Crippen LogP contribution < -0.4 is 0 Å². The van der Waals surface area contributed by atoms with E-state index in [0.717, 1.165) is 51.4 Å². The third kappa shape index (κ3) is 8.06. The van der Waals surface area contributed by atoms with Gasteiger partial charge in [-0.1, -0.05) is 97.3 Å². The molecule has 0 radical (unpaired) electrons. The molecule has 214 valence electrons. The summed E-state index contributed by atoms with van der Waals surface area (Å²) in [5.74, 6) is -4.67. The summed E-state index contributed by atoms with van der Waals surface area (Å²) in [7, 11) is 0. The van der Waals surface area contributed by atoms with Crippen LogP contribution in [0.25, 0.3) is 0 Å². The topological polar surface area (TPSA) is 106 Å². The molecule has 0 bridgehead atoms. The van der Waals surface area contributed by atoms with Crippen molar-refractivity contribution in [2.75, 3.05) is 0 Å². The van der Waals surface area contributed by atoms with Crippen molar-refractivity contribution in [2.45, 2.75) is 105 Å². The molecule has 2 aliphatic carbocycles. The third-order valence-electron chi connectivity index (χ3n) is 7.86. The number of unbranched alkanes of at least 4 members (excludes halogenated alkanes) is 4. The van der Waals surface area contributed by atoms with Crippen molar-refractivity contribution in [1.29, 1.82) is 0 Å². The Morgan fingerprint density at radius 1 is 0.564 bits per heavy atom. The van der Waals surface area contributed by atoms with E-state index >= 15 is 0 Å². The van der Waals surface area contributed by atoms with E-state index in [0.29, 0.717) is 25.7 Å². The molecule has 6 heteroatoms. The summed E-state index contributed by atoms with van der Waals surface area (Å²) in [4.78, 5) is 65.1. The normalized spacial score (nSPS) is 24.6. The SMILES string of the molecule is CCCCC1C(=O)C(=C/C=C/C=C/C2=C(O)C(CCCC)C(=O)C(CCCC)C2=O)C(=O)C(CCCC)C1=O. The number of hydrogen-bond acceptors (Lipinski definition) is 6. The molecule has 0 aliphatic heterocycles. The van der Waals surface area contributed by atoms with Crippen LogP contribution in [-0.2, 0) is 24.0 Å². The van der Waals surface area contributed by atoms with Crippen LogP contribution in [0.15, 0.2) is 47.3 Å². The summed E-state index contributed by atoms with van der Waals surface area (Å²) >= 11 is 0. The predicted octanol–water partition coefficient (Wildman–Crippen LogP) is 6.94. The minimum absolute atomic E-state index is 0.0575. The quantitative estimate of drug-likeness (QED) is 0.105. The smallest absolute Gasteiger partial charge is 0.176 e. The highest BCUT2D eigenvalue weighted by atomic mass is 16.3. The highest BCUT2D eigenvalue weighted by molar-refractivity contribution is 6.35. The summed E-state index contributed by atoms with van der Waals surface area (Å²) in [6.45, 7) is 8.03. The van der Waals surface area contributed by atoms with Crippen LogP contribution >= 0.6 is 0 Å². The molecule has 1 saturated carbocycles. The Morgan fingerprint density at radius 3 is 1.44 bits per heavy atom. The average Bonchev–Trinajstić information content (AvgIpc) is 2.91. The highest BCUT2D eigenvalue weighted by Crippen LogP contribution is 2.34. The molecule has 2 rings (SSSR count). The lowest BCUT2D eigenvalue weighted by atomic mass is 9.72. The van der Waals surface area contributed by atoms with E-state index in [2.05, 4.69) is 0 Å². The second-order valence-electron chi connectivity index (χ2n) is 10.8. The molecule has 39 heavy (non-hydrogen) atoms. The van der Waals surface area contributed by atoms with Crippen LogP contribution in [0.4, 0.5) is 0 Å². The van der Waals surface area contributed by atoms with Crippen molar-refractivity contribution in [3.8, 4) is 0 Å². The Hall–Kier alpha value is -2.89. The van der Waals surface area contributed by atoms with Gasteiger partial charge in [-0.2, -0.15) is 0 Å². The third-order valence-corrected chi connectivity index (χ3v) is 7.86. The number of carbonyl (C=O) groups is 5. The van der Waals surface area contributed by atoms with Crippen LogP contribution in [0.3, 0.4) is 0 Å². The van der Waals surface area contributed by atoms with Gasteiger partial charge in [-0.25, -0.2) is 0 Å². The fourth-order valence-corrected chi connectivity index (χ4v) is 5.44. The molecule has 4 atom stereocenters. The maximum atomic E-state index is 13.1. The van der Waals surface area contributed by atoms with Gasteiger partial charge in [0.15, 0.2) is 28.9 Å². The molecule has 0 aromatic rings. The van der Waals surface area contributed by atoms with Gasteiger partial charge in [-0.3, -0.25) is 24.0 Å². The molecule has 0 amide bonds. The van der Waals surface area contributed by atoms with Crippen LogP contribution in [0, 0.1) is 23.7 Å². The van der Waals surface area contributed by atoms with Gasteiger partial charge in [0.05, 0.1) is 34.8 Å². The largest absolute Gasteiger partial charge is 0.511 e. The maximum absolute atomic E-state index is 13.1. The van der Waals surface area contributed by atoms with Crippen LogP contribution in [0.5, 0.6) is 0 Å². The fraction of sp³-hybridized carbons (Fsp3) is 0.606. The molecule has 0 aromatic carbocycles. The summed E-state index contributed by atoms with van der Waals surface area (Å²) < 4.78 is 0. The van der Waals surface area contributed by atoms with E-state index < -0.39 is 35.2 Å². The molecule has 0 heterocycles. The van der Waals surface area contributed by atoms with Gasteiger partial charge in [-0.15, -0.1) is 0 Å². The molecule has 2 aliphatic rings. The van der Waals surface area contributed by atoms with Crippen molar-refractivity contribution in [3.05, 3.63) is 47.3 Å². The van der Waals surface area contributed by atoms with Crippen molar-refractivity contribution < 1.29 is 29.1 Å². The molecule has 1 fully saturated rings. The number of Topliss-reactive ketones (excluding diaryl/α,β-unsaturated/α-hetero) is 5. The Kier molecular flexibility index (Phi) is 13.5. The second kappa shape index (κ2) is 16.3. The summed E-state index contributed by atoms with van der Waals surface area (Å²) in [5.41, 5.74) is 0.214. The Morgan fingerprint density at radius 2 is 0.974 bits per heavy atom. The zero-order valence-corrected chi connectivity index (χ0v) is 24.2. The van der Waals surface area contributed by atoms with E-state index in [1.54, 1.807) is 18.2 Å². The Bertz CT molecular complexity index is 1010. The summed E-state index contributed by atoms with van der Waals surface area (Å²) in [6.07, 6.45) is 16.1. The maximum Gasteiger partial charge on any atom is 0.176 e. The minimum atomic E-state index is -0.765. The lowest BCUT2D eigenvalue weighted by molar-refractivity contribution is -0.142. The number of hydrogen-bond donors (Lipinski definition) is 1. The zero-order chi connectivity index (χ0) is 28.9. The molecule has 0 saturated heterocycles. The average molecular weight is 539 g/mol. The van der Waals surface area contributed by atoms with Gasteiger partial charge in [0.25, 0.3) is 0 Å². The minimum Gasteiger partial charge on any atom is -0.511 e. The van der Waals surface area contributed by atoms with Crippen molar-refractivity contribution in [3.63, 3.8) is 0 Å². The van der Waals surface area contributed by atoms with E-state index in [1.807, 2.05) is 27.7 Å². The molecule has 0 aromatic heterocycles. The van der Waals surface area contributed by atoms with Gasteiger partial charge in [0.1, 0.15) is 5.76 Å². The number of allylic oxidation sites excluding steroid dienone is 8.